The Bertz CT molecular complexity index is 1040. The fraction of sp³-hybridized carbons (Fsp3) is 0.348. The van der Waals surface area contributed by atoms with Gasteiger partial charge in [-0.05, 0) is 24.1 Å². The summed E-state index contributed by atoms with van der Waals surface area (Å²) in [7, 11) is 0. The molecule has 1 aliphatic heterocycles. The highest BCUT2D eigenvalue weighted by Crippen LogP contribution is 2.15. The summed E-state index contributed by atoms with van der Waals surface area (Å²) in [5.41, 5.74) is 1.97. The maximum absolute atomic E-state index is 13.0. The summed E-state index contributed by atoms with van der Waals surface area (Å²) < 4.78 is 6.13. The molecule has 4 rings (SSSR count). The summed E-state index contributed by atoms with van der Waals surface area (Å²) >= 11 is 0. The average molecular weight is 435 g/mol. The average Bonchev–Trinajstić information content (AvgIpc) is 3.14. The number of carbonyl (C=O) groups excluding carboxylic acids is 2. The second-order valence-electron chi connectivity index (χ2n) is 7.84. The molecule has 0 aliphatic carbocycles. The van der Waals surface area contributed by atoms with Crippen LogP contribution in [0.15, 0.2) is 54.9 Å². The van der Waals surface area contributed by atoms with Gasteiger partial charge in [0.1, 0.15) is 5.82 Å². The van der Waals surface area contributed by atoms with Crippen LogP contribution in [0.5, 0.6) is 0 Å². The molecule has 0 saturated carbocycles. The number of carbonyl (C=O) groups is 2. The van der Waals surface area contributed by atoms with E-state index in [4.69, 9.17) is 4.74 Å². The van der Waals surface area contributed by atoms with E-state index in [1.165, 1.54) is 0 Å². The summed E-state index contributed by atoms with van der Waals surface area (Å²) in [4.78, 5) is 37.6. The summed E-state index contributed by atoms with van der Waals surface area (Å²) in [6.07, 6.45) is 3.16. The van der Waals surface area contributed by atoms with E-state index in [0.717, 1.165) is 11.1 Å². The van der Waals surface area contributed by atoms with Crippen LogP contribution < -0.4 is 0 Å². The molecule has 1 fully saturated rings. The number of benzene rings is 1. The lowest BCUT2D eigenvalue weighted by atomic mass is 10.2. The van der Waals surface area contributed by atoms with E-state index >= 15 is 0 Å². The van der Waals surface area contributed by atoms with Crippen LogP contribution in [0, 0.1) is 6.92 Å². The molecule has 9 heteroatoms. The maximum atomic E-state index is 13.0. The van der Waals surface area contributed by atoms with Gasteiger partial charge in [-0.15, -0.1) is 0 Å². The monoisotopic (exact) mass is 434 g/mol. The summed E-state index contributed by atoms with van der Waals surface area (Å²) in [6, 6.07) is 13.6. The largest absolute Gasteiger partial charge is 0.370 e. The van der Waals surface area contributed by atoms with Gasteiger partial charge < -0.3 is 14.5 Å². The minimum Gasteiger partial charge on any atom is -0.370 e. The molecule has 2 aromatic heterocycles. The Balaban J connectivity index is 1.48. The molecule has 166 valence electrons. The predicted molar refractivity (Wildman–Crippen MR) is 116 cm³/mol. The van der Waals surface area contributed by atoms with Crippen molar-refractivity contribution in [3.05, 3.63) is 77.6 Å². The van der Waals surface area contributed by atoms with Crippen LogP contribution in [-0.2, 0) is 33.9 Å². The third kappa shape index (κ3) is 5.76. The molecule has 1 atom stereocenters. The van der Waals surface area contributed by atoms with Crippen LogP contribution >= 0.6 is 0 Å². The van der Waals surface area contributed by atoms with E-state index < -0.39 is 0 Å². The first-order valence-electron chi connectivity index (χ1n) is 10.5. The molecule has 1 saturated heterocycles. The molecule has 1 N–H and O–H groups in total. The topological polar surface area (TPSA) is 104 Å². The molecule has 3 heterocycles. The van der Waals surface area contributed by atoms with Crippen molar-refractivity contribution < 1.29 is 14.3 Å². The molecule has 1 unspecified atom stereocenters. The van der Waals surface area contributed by atoms with E-state index in [1.807, 2.05) is 42.5 Å². The van der Waals surface area contributed by atoms with E-state index in [0.29, 0.717) is 37.9 Å². The number of rotatable bonds is 7. The number of amides is 2. The lowest BCUT2D eigenvalue weighted by molar-refractivity contribution is -0.138. The zero-order valence-electron chi connectivity index (χ0n) is 18.0. The number of nitrogens with one attached hydrogen (secondary N) is 1. The Hall–Kier alpha value is -3.59. The number of hydrogen-bond donors (Lipinski definition) is 1. The molecule has 9 nitrogen and oxygen atoms in total. The number of H-pyrrole nitrogens is 1. The van der Waals surface area contributed by atoms with Crippen molar-refractivity contribution in [3.8, 4) is 0 Å². The minimum atomic E-state index is -0.330. The van der Waals surface area contributed by atoms with E-state index in [-0.39, 0.29) is 30.9 Å². The van der Waals surface area contributed by atoms with Crippen LogP contribution in [0.3, 0.4) is 0 Å². The second kappa shape index (κ2) is 10.1. The fourth-order valence-electron chi connectivity index (χ4n) is 3.64. The number of pyridine rings is 1. The van der Waals surface area contributed by atoms with Gasteiger partial charge >= 0.3 is 0 Å². The van der Waals surface area contributed by atoms with Gasteiger partial charge in [0.15, 0.2) is 5.82 Å². The van der Waals surface area contributed by atoms with Gasteiger partial charge in [0.25, 0.3) is 0 Å². The first-order chi connectivity index (χ1) is 15.6. The maximum Gasteiger partial charge on any atom is 0.242 e. The zero-order valence-corrected chi connectivity index (χ0v) is 18.0. The highest BCUT2D eigenvalue weighted by atomic mass is 16.5. The van der Waals surface area contributed by atoms with Crippen molar-refractivity contribution in [2.75, 3.05) is 19.6 Å². The highest BCUT2D eigenvalue weighted by Gasteiger charge is 2.31. The molecular weight excluding hydrogens is 408 g/mol. The van der Waals surface area contributed by atoms with Crippen molar-refractivity contribution in [1.29, 1.82) is 0 Å². The van der Waals surface area contributed by atoms with E-state index in [9.17, 15) is 9.59 Å². The van der Waals surface area contributed by atoms with Crippen molar-refractivity contribution in [2.24, 2.45) is 0 Å². The van der Waals surface area contributed by atoms with Crippen molar-refractivity contribution in [2.45, 2.75) is 32.6 Å². The van der Waals surface area contributed by atoms with Crippen molar-refractivity contribution >= 4 is 11.8 Å². The lowest BCUT2D eigenvalue weighted by Crippen LogP contribution is -2.40. The first-order valence-corrected chi connectivity index (χ1v) is 10.5. The molecule has 0 radical (unpaired) electrons. The van der Waals surface area contributed by atoms with Gasteiger partial charge in [-0.25, -0.2) is 4.98 Å². The standard InChI is InChI=1S/C23H26N6O3/c1-17-25-21(27-26-17)10-22(30)29-14-20(32-16-19-8-5-9-24-11-19)13-28(23(31)15-29)12-18-6-3-2-4-7-18/h2-9,11,20H,10,12-16H2,1H3,(H,25,26,27). The Morgan fingerprint density at radius 1 is 1.16 bits per heavy atom. The number of ether oxygens (including phenoxy) is 1. The van der Waals surface area contributed by atoms with Gasteiger partial charge in [-0.1, -0.05) is 36.4 Å². The number of aromatic amines is 1. The quantitative estimate of drug-likeness (QED) is 0.604. The van der Waals surface area contributed by atoms with Gasteiger partial charge in [0, 0.05) is 32.0 Å². The van der Waals surface area contributed by atoms with Crippen LogP contribution in [0.4, 0.5) is 0 Å². The molecule has 1 aliphatic rings. The summed E-state index contributed by atoms with van der Waals surface area (Å²) in [5.74, 6) is 0.749. The molecule has 32 heavy (non-hydrogen) atoms. The van der Waals surface area contributed by atoms with Crippen molar-refractivity contribution in [1.82, 2.24) is 30.0 Å². The predicted octanol–water partition coefficient (Wildman–Crippen LogP) is 1.51. The Morgan fingerprint density at radius 3 is 2.69 bits per heavy atom. The van der Waals surface area contributed by atoms with Crippen molar-refractivity contribution in [3.63, 3.8) is 0 Å². The van der Waals surface area contributed by atoms with Gasteiger partial charge in [-0.2, -0.15) is 5.10 Å². The number of aryl methyl sites for hydroxylation is 1. The molecule has 3 aromatic rings. The smallest absolute Gasteiger partial charge is 0.242 e. The number of nitrogens with zero attached hydrogens (tertiary/aromatic N) is 5. The molecule has 2 amide bonds. The first kappa shape index (κ1) is 21.6. The fourth-order valence-corrected chi connectivity index (χ4v) is 3.64. The lowest BCUT2D eigenvalue weighted by Gasteiger charge is -2.25. The molecule has 0 spiro atoms. The second-order valence-corrected chi connectivity index (χ2v) is 7.84. The Morgan fingerprint density at radius 2 is 1.97 bits per heavy atom. The molecule has 1 aromatic carbocycles. The van der Waals surface area contributed by atoms with Crippen LogP contribution in [0.25, 0.3) is 0 Å². The minimum absolute atomic E-state index is 0.00181. The van der Waals surface area contributed by atoms with Crippen LogP contribution in [0.1, 0.15) is 22.8 Å². The molecule has 0 bridgehead atoms. The van der Waals surface area contributed by atoms with E-state index in [1.54, 1.807) is 29.1 Å². The Kier molecular flexibility index (Phi) is 6.86. The van der Waals surface area contributed by atoms with Gasteiger partial charge in [0.2, 0.25) is 11.8 Å². The SMILES string of the molecule is Cc1nc(CC(=O)N2CC(=O)N(Cc3ccccc3)CC(OCc3cccnc3)C2)n[nH]1. The number of hydrogen-bond acceptors (Lipinski definition) is 6. The normalized spacial score (nSPS) is 16.8. The highest BCUT2D eigenvalue weighted by molar-refractivity contribution is 5.86. The third-order valence-electron chi connectivity index (χ3n) is 5.26. The van der Waals surface area contributed by atoms with E-state index in [2.05, 4.69) is 20.2 Å². The number of aromatic nitrogens is 4. The summed E-state index contributed by atoms with van der Waals surface area (Å²) in [5, 5.41) is 6.78. The van der Waals surface area contributed by atoms with Gasteiger partial charge in [-0.3, -0.25) is 19.7 Å². The van der Waals surface area contributed by atoms with Gasteiger partial charge in [0.05, 0.1) is 25.7 Å². The molecular formula is C23H26N6O3. The zero-order chi connectivity index (χ0) is 22.3. The van der Waals surface area contributed by atoms with Crippen LogP contribution in [-0.4, -0.2) is 67.5 Å². The summed E-state index contributed by atoms with van der Waals surface area (Å²) in [6.45, 7) is 3.32. The van der Waals surface area contributed by atoms with Crippen LogP contribution in [0.2, 0.25) is 0 Å². The third-order valence-corrected chi connectivity index (χ3v) is 5.26. The Labute approximate surface area is 186 Å².